The van der Waals surface area contributed by atoms with Crippen LogP contribution < -0.4 is 5.73 Å². The normalized spacial score (nSPS) is 10.5. The summed E-state index contributed by atoms with van der Waals surface area (Å²) >= 11 is 3.37. The molecule has 0 aliphatic carbocycles. The molecule has 1 rings (SSSR count). The van der Waals surface area contributed by atoms with Gasteiger partial charge in [-0.25, -0.2) is 4.39 Å². The van der Waals surface area contributed by atoms with Crippen LogP contribution >= 0.6 is 15.9 Å². The van der Waals surface area contributed by atoms with Crippen molar-refractivity contribution in [2.45, 2.75) is 19.8 Å². The van der Waals surface area contributed by atoms with Gasteiger partial charge in [0.05, 0.1) is 0 Å². The number of hydrogen-bond acceptors (Lipinski definition) is 1. The molecule has 0 bridgehead atoms. The Morgan fingerprint density at radius 3 is 2.77 bits per heavy atom. The summed E-state index contributed by atoms with van der Waals surface area (Å²) in [5, 5.41) is 0. The van der Waals surface area contributed by atoms with Crippen molar-refractivity contribution < 1.29 is 4.39 Å². The lowest BCUT2D eigenvalue weighted by molar-refractivity contribution is 0.602. The van der Waals surface area contributed by atoms with Gasteiger partial charge in [0.15, 0.2) is 0 Å². The maximum absolute atomic E-state index is 13.3. The molecule has 0 saturated carbocycles. The van der Waals surface area contributed by atoms with E-state index in [4.69, 9.17) is 5.73 Å². The van der Waals surface area contributed by atoms with E-state index in [1.165, 1.54) is 6.07 Å². The Morgan fingerprint density at radius 2 is 2.15 bits per heavy atom. The summed E-state index contributed by atoms with van der Waals surface area (Å²) in [6.07, 6.45) is 1.54. The fraction of sp³-hybridized carbons (Fsp3) is 0.400. The zero-order chi connectivity index (χ0) is 9.84. The molecule has 0 aliphatic heterocycles. The molecule has 0 spiro atoms. The molecule has 1 nitrogen and oxygen atoms in total. The van der Waals surface area contributed by atoms with Crippen molar-refractivity contribution >= 4 is 15.9 Å². The highest BCUT2D eigenvalue weighted by molar-refractivity contribution is 9.10. The largest absolute Gasteiger partial charge is 0.330 e. The van der Waals surface area contributed by atoms with Crippen molar-refractivity contribution in [3.63, 3.8) is 0 Å². The molecular weight excluding hydrogens is 233 g/mol. The van der Waals surface area contributed by atoms with E-state index in [1.807, 2.05) is 6.92 Å². The number of halogens is 2. The molecule has 2 N–H and O–H groups in total. The minimum Gasteiger partial charge on any atom is -0.330 e. The van der Waals surface area contributed by atoms with Gasteiger partial charge in [0.2, 0.25) is 0 Å². The van der Waals surface area contributed by atoms with Crippen LogP contribution in [0.3, 0.4) is 0 Å². The van der Waals surface area contributed by atoms with Gasteiger partial charge in [-0.05, 0) is 49.6 Å². The zero-order valence-corrected chi connectivity index (χ0v) is 9.20. The van der Waals surface area contributed by atoms with Crippen molar-refractivity contribution in [1.82, 2.24) is 0 Å². The molecule has 0 heterocycles. The van der Waals surface area contributed by atoms with E-state index in [1.54, 1.807) is 6.07 Å². The first-order valence-corrected chi connectivity index (χ1v) is 5.09. The lowest BCUT2D eigenvalue weighted by atomic mass is 10.0. The van der Waals surface area contributed by atoms with E-state index in [2.05, 4.69) is 15.9 Å². The van der Waals surface area contributed by atoms with Crippen LogP contribution in [0.2, 0.25) is 0 Å². The highest BCUT2D eigenvalue weighted by atomic mass is 79.9. The van der Waals surface area contributed by atoms with Crippen molar-refractivity contribution in [2.24, 2.45) is 5.73 Å². The van der Waals surface area contributed by atoms with Crippen molar-refractivity contribution in [2.75, 3.05) is 6.54 Å². The van der Waals surface area contributed by atoms with Crippen LogP contribution in [-0.2, 0) is 6.42 Å². The van der Waals surface area contributed by atoms with E-state index < -0.39 is 0 Å². The predicted molar refractivity (Wildman–Crippen MR) is 56.2 cm³/mol. The third-order valence-electron chi connectivity index (χ3n) is 2.11. The van der Waals surface area contributed by atoms with Crippen LogP contribution in [0.15, 0.2) is 16.6 Å². The third-order valence-corrected chi connectivity index (χ3v) is 2.97. The molecule has 0 unspecified atom stereocenters. The van der Waals surface area contributed by atoms with E-state index >= 15 is 0 Å². The lowest BCUT2D eigenvalue weighted by Gasteiger charge is -2.08. The van der Waals surface area contributed by atoms with Crippen molar-refractivity contribution in [1.29, 1.82) is 0 Å². The van der Waals surface area contributed by atoms with Gasteiger partial charge in [0.25, 0.3) is 0 Å². The van der Waals surface area contributed by atoms with Crippen molar-refractivity contribution in [3.05, 3.63) is 33.5 Å². The standard InChI is InChI=1S/C10H13BrFN/c1-7-8(3-2-6-13)10(12)5-4-9(7)11/h4-5H,2-3,6,13H2,1H3. The molecule has 13 heavy (non-hydrogen) atoms. The van der Waals surface area contributed by atoms with E-state index in [0.717, 1.165) is 22.0 Å². The van der Waals surface area contributed by atoms with Crippen LogP contribution in [-0.4, -0.2) is 6.54 Å². The van der Waals surface area contributed by atoms with Crippen LogP contribution in [0, 0.1) is 12.7 Å². The Kier molecular flexibility index (Phi) is 3.88. The molecule has 1 aromatic carbocycles. The van der Waals surface area contributed by atoms with Crippen LogP contribution in [0.25, 0.3) is 0 Å². The summed E-state index contributed by atoms with van der Waals surface area (Å²) in [5.74, 6) is -0.130. The van der Waals surface area contributed by atoms with E-state index in [0.29, 0.717) is 13.0 Å². The Balaban J connectivity index is 2.96. The molecule has 1 aromatic rings. The molecule has 0 amide bonds. The van der Waals surface area contributed by atoms with Gasteiger partial charge in [0, 0.05) is 4.47 Å². The minimum absolute atomic E-state index is 0.130. The molecule has 0 aromatic heterocycles. The number of rotatable bonds is 3. The second-order valence-electron chi connectivity index (χ2n) is 3.02. The fourth-order valence-electron chi connectivity index (χ4n) is 1.28. The van der Waals surface area contributed by atoms with E-state index in [9.17, 15) is 4.39 Å². The SMILES string of the molecule is Cc1c(Br)ccc(F)c1CCCN. The highest BCUT2D eigenvalue weighted by Crippen LogP contribution is 2.23. The lowest BCUT2D eigenvalue weighted by Crippen LogP contribution is -2.03. The van der Waals surface area contributed by atoms with Gasteiger partial charge in [-0.1, -0.05) is 15.9 Å². The quantitative estimate of drug-likeness (QED) is 0.871. The average Bonchev–Trinajstić information content (AvgIpc) is 2.12. The first kappa shape index (κ1) is 10.7. The Hall–Kier alpha value is -0.410. The number of nitrogens with two attached hydrogens (primary N) is 1. The highest BCUT2D eigenvalue weighted by Gasteiger charge is 2.07. The molecule has 0 fully saturated rings. The topological polar surface area (TPSA) is 26.0 Å². The molecule has 0 saturated heterocycles. The summed E-state index contributed by atoms with van der Waals surface area (Å²) in [7, 11) is 0. The second kappa shape index (κ2) is 4.72. The number of hydrogen-bond donors (Lipinski definition) is 1. The maximum atomic E-state index is 13.3. The Labute approximate surface area is 86.3 Å². The predicted octanol–water partition coefficient (Wildman–Crippen LogP) is 2.79. The molecule has 3 heteroatoms. The summed E-state index contributed by atoms with van der Waals surface area (Å²) in [5.41, 5.74) is 7.14. The summed E-state index contributed by atoms with van der Waals surface area (Å²) < 4.78 is 14.3. The molecule has 0 radical (unpaired) electrons. The smallest absolute Gasteiger partial charge is 0.126 e. The van der Waals surface area contributed by atoms with Gasteiger partial charge in [-0.3, -0.25) is 0 Å². The summed E-state index contributed by atoms with van der Waals surface area (Å²) in [6.45, 7) is 2.52. The summed E-state index contributed by atoms with van der Waals surface area (Å²) in [6, 6.07) is 3.22. The molecular formula is C10H13BrFN. The van der Waals surface area contributed by atoms with Gasteiger partial charge < -0.3 is 5.73 Å². The minimum atomic E-state index is -0.130. The van der Waals surface area contributed by atoms with Gasteiger partial charge in [-0.15, -0.1) is 0 Å². The number of benzene rings is 1. The maximum Gasteiger partial charge on any atom is 0.126 e. The average molecular weight is 246 g/mol. The Morgan fingerprint density at radius 1 is 1.46 bits per heavy atom. The molecule has 0 aliphatic rings. The van der Waals surface area contributed by atoms with Crippen molar-refractivity contribution in [3.8, 4) is 0 Å². The first-order valence-electron chi connectivity index (χ1n) is 4.30. The van der Waals surface area contributed by atoms with Gasteiger partial charge >= 0.3 is 0 Å². The van der Waals surface area contributed by atoms with E-state index in [-0.39, 0.29) is 5.82 Å². The second-order valence-corrected chi connectivity index (χ2v) is 3.88. The monoisotopic (exact) mass is 245 g/mol. The Bertz CT molecular complexity index is 299. The van der Waals surface area contributed by atoms with Gasteiger partial charge in [-0.2, -0.15) is 0 Å². The molecule has 72 valence electrons. The van der Waals surface area contributed by atoms with Crippen LogP contribution in [0.5, 0.6) is 0 Å². The third kappa shape index (κ3) is 2.51. The van der Waals surface area contributed by atoms with Crippen LogP contribution in [0.1, 0.15) is 17.5 Å². The fourth-order valence-corrected chi connectivity index (χ4v) is 1.65. The summed E-state index contributed by atoms with van der Waals surface area (Å²) in [4.78, 5) is 0. The van der Waals surface area contributed by atoms with Crippen LogP contribution in [0.4, 0.5) is 4.39 Å². The first-order chi connectivity index (χ1) is 6.16. The van der Waals surface area contributed by atoms with Gasteiger partial charge in [0.1, 0.15) is 5.82 Å². The molecule has 0 atom stereocenters. The zero-order valence-electron chi connectivity index (χ0n) is 7.61.